The van der Waals surface area contributed by atoms with Crippen molar-refractivity contribution in [2.24, 2.45) is 10.6 Å². The molecule has 5 heteroatoms. The molecule has 1 aliphatic carbocycles. The van der Waals surface area contributed by atoms with Gasteiger partial charge in [0.1, 0.15) is 5.75 Å². The van der Waals surface area contributed by atoms with E-state index in [1.165, 1.54) is 18.4 Å². The van der Waals surface area contributed by atoms with E-state index in [9.17, 15) is 0 Å². The van der Waals surface area contributed by atoms with Gasteiger partial charge in [-0.1, -0.05) is 56.2 Å². The fourth-order valence-corrected chi connectivity index (χ4v) is 5.48. The largest absolute Gasteiger partial charge is 0.497 e. The van der Waals surface area contributed by atoms with Gasteiger partial charge in [0.2, 0.25) is 0 Å². The van der Waals surface area contributed by atoms with Crippen LogP contribution in [0.1, 0.15) is 45.1 Å². The second-order valence-electron chi connectivity index (χ2n) is 8.66. The van der Waals surface area contributed by atoms with Gasteiger partial charge >= 0.3 is 0 Å². The number of hydrogen-bond donors (Lipinski definition) is 2. The monoisotopic (exact) mass is 411 g/mol. The molecule has 0 spiro atoms. The van der Waals surface area contributed by atoms with Gasteiger partial charge in [-0.05, 0) is 43.9 Å². The highest BCUT2D eigenvalue weighted by Crippen LogP contribution is 2.46. The van der Waals surface area contributed by atoms with Crippen LogP contribution >= 0.6 is 11.9 Å². The fraction of sp³-hybridized carbons (Fsp3) is 0.500. The van der Waals surface area contributed by atoms with Crippen molar-refractivity contribution in [2.45, 2.75) is 56.9 Å². The van der Waals surface area contributed by atoms with Crippen LogP contribution in [0, 0.1) is 5.41 Å². The average Bonchev–Trinajstić information content (AvgIpc) is 2.88. The number of nitrogens with one attached hydrogen (secondary N) is 1. The Balaban J connectivity index is 1.65. The first-order chi connectivity index (χ1) is 14.0. The van der Waals surface area contributed by atoms with Crippen molar-refractivity contribution in [3.63, 3.8) is 0 Å². The maximum atomic E-state index is 5.81. The van der Waals surface area contributed by atoms with Gasteiger partial charge in [-0.25, -0.2) is 0 Å². The van der Waals surface area contributed by atoms with Crippen molar-refractivity contribution in [1.29, 1.82) is 0 Å². The van der Waals surface area contributed by atoms with Crippen LogP contribution in [0.3, 0.4) is 0 Å². The Morgan fingerprint density at radius 3 is 2.90 bits per heavy atom. The zero-order chi connectivity index (χ0) is 20.6. The van der Waals surface area contributed by atoms with Crippen LogP contribution in [0.25, 0.3) is 5.70 Å². The quantitative estimate of drug-likeness (QED) is 0.527. The van der Waals surface area contributed by atoms with Gasteiger partial charge < -0.3 is 15.0 Å². The Bertz CT molecular complexity index is 849. The van der Waals surface area contributed by atoms with Crippen LogP contribution in [-0.2, 0) is 0 Å². The molecule has 1 aromatic rings. The van der Waals surface area contributed by atoms with Crippen molar-refractivity contribution in [1.82, 2.24) is 4.90 Å². The normalized spacial score (nSPS) is 31.3. The van der Waals surface area contributed by atoms with Crippen LogP contribution in [0.15, 0.2) is 48.6 Å². The maximum absolute atomic E-state index is 5.81. The summed E-state index contributed by atoms with van der Waals surface area (Å²) in [6.07, 6.45) is 11.6. The molecular formula is C24H33N3OS. The van der Waals surface area contributed by atoms with Crippen LogP contribution in [0.2, 0.25) is 0 Å². The molecule has 4 rings (SSSR count). The van der Waals surface area contributed by atoms with Crippen LogP contribution in [0.5, 0.6) is 5.75 Å². The highest BCUT2D eigenvalue weighted by atomic mass is 32.2. The molecule has 0 aromatic heterocycles. The highest BCUT2D eigenvalue weighted by Gasteiger charge is 2.39. The minimum atomic E-state index is 0.139. The molecule has 2 aliphatic heterocycles. The first-order valence-electron chi connectivity index (χ1n) is 10.6. The lowest BCUT2D eigenvalue weighted by molar-refractivity contribution is 0.250. The summed E-state index contributed by atoms with van der Waals surface area (Å²) in [6, 6.07) is 7.05. The molecule has 1 aromatic carbocycles. The summed E-state index contributed by atoms with van der Waals surface area (Å²) in [7, 11) is 1.72. The Hall–Kier alpha value is -1.85. The first kappa shape index (κ1) is 20.4. The summed E-state index contributed by atoms with van der Waals surface area (Å²) >= 11 is 1.47. The van der Waals surface area contributed by atoms with E-state index in [4.69, 9.17) is 9.88 Å². The van der Waals surface area contributed by atoms with E-state index in [1.807, 2.05) is 6.07 Å². The van der Waals surface area contributed by atoms with Crippen LogP contribution in [-0.4, -0.2) is 35.9 Å². The van der Waals surface area contributed by atoms with Crippen molar-refractivity contribution in [3.8, 4) is 5.75 Å². The second-order valence-corrected chi connectivity index (χ2v) is 9.54. The average molecular weight is 412 g/mol. The summed E-state index contributed by atoms with van der Waals surface area (Å²) in [6.45, 7) is 10.1. The summed E-state index contributed by atoms with van der Waals surface area (Å²) in [5, 5.41) is 10.1. The molecule has 156 valence electrons. The van der Waals surface area contributed by atoms with Crippen molar-refractivity contribution < 1.29 is 4.74 Å². The summed E-state index contributed by atoms with van der Waals surface area (Å²) in [4.78, 5) is 2.49. The molecule has 29 heavy (non-hydrogen) atoms. The van der Waals surface area contributed by atoms with Crippen molar-refractivity contribution in [3.05, 3.63) is 54.1 Å². The third-order valence-corrected chi connectivity index (χ3v) is 7.77. The number of nitrogens with two attached hydrogens (primary N) is 1. The highest BCUT2D eigenvalue weighted by molar-refractivity contribution is 7.97. The lowest BCUT2D eigenvalue weighted by atomic mass is 9.71. The molecule has 0 fully saturated rings. The number of ether oxygens (including phenoxy) is 1. The van der Waals surface area contributed by atoms with Gasteiger partial charge in [-0.2, -0.15) is 0 Å². The SMILES string of the molecule is C=C1c2cc(OC)ccc2NC(CC)C2CC([C@@]3(C)C=CC(SN)CC3)=CCN12. The van der Waals surface area contributed by atoms with E-state index >= 15 is 0 Å². The molecule has 4 atom stereocenters. The first-order valence-corrected chi connectivity index (χ1v) is 11.6. The topological polar surface area (TPSA) is 50.5 Å². The van der Waals surface area contributed by atoms with Gasteiger partial charge in [0.15, 0.2) is 0 Å². The van der Waals surface area contributed by atoms with E-state index in [2.05, 4.69) is 61.0 Å². The predicted octanol–water partition coefficient (Wildman–Crippen LogP) is 5.20. The zero-order valence-electron chi connectivity index (χ0n) is 17.8. The third-order valence-electron chi connectivity index (χ3n) is 7.03. The van der Waals surface area contributed by atoms with E-state index in [0.717, 1.165) is 48.5 Å². The number of hydrogen-bond acceptors (Lipinski definition) is 5. The van der Waals surface area contributed by atoms with E-state index in [-0.39, 0.29) is 5.41 Å². The van der Waals surface area contributed by atoms with E-state index in [1.54, 1.807) is 12.7 Å². The molecule has 4 nitrogen and oxygen atoms in total. The second kappa shape index (κ2) is 8.11. The minimum absolute atomic E-state index is 0.139. The number of fused-ring (bicyclic) bond motifs is 2. The number of anilines is 1. The van der Waals surface area contributed by atoms with Crippen LogP contribution < -0.4 is 15.2 Å². The lowest BCUT2D eigenvalue weighted by Crippen LogP contribution is -2.47. The Morgan fingerprint density at radius 2 is 2.24 bits per heavy atom. The molecule has 2 heterocycles. The van der Waals surface area contributed by atoms with Gasteiger partial charge in [-0.15, -0.1) is 0 Å². The summed E-state index contributed by atoms with van der Waals surface area (Å²) in [5.74, 6) is 0.874. The fourth-order valence-electron chi connectivity index (χ4n) is 5.06. The molecule has 0 bridgehead atoms. The molecular weight excluding hydrogens is 378 g/mol. The zero-order valence-corrected chi connectivity index (χ0v) is 18.6. The van der Waals surface area contributed by atoms with Gasteiger partial charge in [0.05, 0.1) is 13.2 Å². The van der Waals surface area contributed by atoms with E-state index < -0.39 is 0 Å². The number of allylic oxidation sites excluding steroid dienone is 1. The smallest absolute Gasteiger partial charge is 0.119 e. The summed E-state index contributed by atoms with van der Waals surface area (Å²) < 4.78 is 5.47. The van der Waals surface area contributed by atoms with Crippen molar-refractivity contribution in [2.75, 3.05) is 19.0 Å². The lowest BCUT2D eigenvalue weighted by Gasteiger charge is -2.44. The molecule has 0 saturated heterocycles. The molecule has 0 amide bonds. The van der Waals surface area contributed by atoms with E-state index in [0.29, 0.717) is 17.3 Å². The molecule has 3 aliphatic rings. The number of rotatable bonds is 4. The Morgan fingerprint density at radius 1 is 1.41 bits per heavy atom. The Kier molecular flexibility index (Phi) is 5.71. The molecule has 0 saturated carbocycles. The van der Waals surface area contributed by atoms with Gasteiger partial charge in [0.25, 0.3) is 0 Å². The van der Waals surface area contributed by atoms with Crippen LogP contribution in [0.4, 0.5) is 5.69 Å². The van der Waals surface area contributed by atoms with Crippen molar-refractivity contribution >= 4 is 23.3 Å². The standard InChI is InChI=1S/C24H33N3OS/c1-5-21-23-14-17(24(3)11-8-19(29-25)9-12-24)10-13-27(23)16(2)20-15-18(28-4)6-7-22(20)26-21/h6-8,10-11,15,19,21,23,26H,2,5,9,12-14,25H2,1,3-4H3/t19?,21?,23?,24-/m0/s1. The molecule has 3 unspecified atom stereocenters. The minimum Gasteiger partial charge on any atom is -0.497 e. The number of nitrogens with zero attached hydrogens (tertiary/aromatic N) is 1. The summed E-state index contributed by atoms with van der Waals surface area (Å²) in [5.41, 5.74) is 5.10. The number of benzene rings is 1. The predicted molar refractivity (Wildman–Crippen MR) is 125 cm³/mol. The molecule has 0 radical (unpaired) electrons. The number of methoxy groups -OCH3 is 1. The molecule has 3 N–H and O–H groups in total. The third kappa shape index (κ3) is 3.71. The van der Waals surface area contributed by atoms with Gasteiger partial charge in [-0.3, -0.25) is 5.14 Å². The maximum Gasteiger partial charge on any atom is 0.119 e. The Labute approximate surface area is 179 Å². The van der Waals surface area contributed by atoms with Gasteiger partial charge in [0, 0.05) is 40.2 Å².